The number of nitrogens with two attached hydrogens (primary N) is 1. The fourth-order valence-corrected chi connectivity index (χ4v) is 2.83. The summed E-state index contributed by atoms with van der Waals surface area (Å²) in [5, 5.41) is 6.30. The molecule has 0 radical (unpaired) electrons. The van der Waals surface area contributed by atoms with Crippen LogP contribution in [0.1, 0.15) is 25.7 Å². The second-order valence-electron chi connectivity index (χ2n) is 5.28. The van der Waals surface area contributed by atoms with Crippen molar-refractivity contribution in [3.05, 3.63) is 42.5 Å². The summed E-state index contributed by atoms with van der Waals surface area (Å²) in [6, 6.07) is 16.0. The van der Waals surface area contributed by atoms with E-state index in [9.17, 15) is 0 Å². The van der Waals surface area contributed by atoms with Crippen molar-refractivity contribution in [1.82, 2.24) is 0 Å². The monoisotopic (exact) mass is 240 g/mol. The highest BCUT2D eigenvalue weighted by atomic mass is 14.9. The molecule has 0 amide bonds. The average Bonchev–Trinajstić information content (AvgIpc) is 2.42. The van der Waals surface area contributed by atoms with E-state index in [1.165, 1.54) is 29.3 Å². The number of rotatable bonds is 2. The highest BCUT2D eigenvalue weighted by Crippen LogP contribution is 2.27. The fraction of sp³-hybridized carbons (Fsp3) is 0.375. The van der Waals surface area contributed by atoms with Crippen LogP contribution in [0.4, 0.5) is 5.69 Å². The summed E-state index contributed by atoms with van der Waals surface area (Å²) in [5.74, 6) is 0. The molecule has 1 fully saturated rings. The van der Waals surface area contributed by atoms with Gasteiger partial charge in [0.15, 0.2) is 0 Å². The van der Waals surface area contributed by atoms with Crippen molar-refractivity contribution in [3.8, 4) is 0 Å². The van der Waals surface area contributed by atoms with E-state index in [4.69, 9.17) is 5.73 Å². The first kappa shape index (κ1) is 11.5. The lowest BCUT2D eigenvalue weighted by Crippen LogP contribution is -2.32. The molecule has 2 aromatic rings. The third-order valence-corrected chi connectivity index (χ3v) is 3.92. The predicted molar refractivity (Wildman–Crippen MR) is 77.8 cm³/mol. The van der Waals surface area contributed by atoms with Gasteiger partial charge in [-0.05, 0) is 37.1 Å². The zero-order chi connectivity index (χ0) is 12.4. The minimum atomic E-state index is 0.413. The lowest BCUT2D eigenvalue weighted by atomic mass is 9.91. The van der Waals surface area contributed by atoms with Crippen molar-refractivity contribution < 1.29 is 0 Å². The van der Waals surface area contributed by atoms with Gasteiger partial charge < -0.3 is 11.1 Å². The first-order chi connectivity index (χ1) is 8.83. The van der Waals surface area contributed by atoms with Gasteiger partial charge in [0.25, 0.3) is 0 Å². The maximum atomic E-state index is 5.95. The van der Waals surface area contributed by atoms with E-state index < -0.39 is 0 Å². The molecule has 0 aromatic heterocycles. The molecule has 0 unspecified atom stereocenters. The van der Waals surface area contributed by atoms with Crippen LogP contribution in [0.5, 0.6) is 0 Å². The Labute approximate surface area is 108 Å². The Morgan fingerprint density at radius 1 is 0.889 bits per heavy atom. The smallest absolute Gasteiger partial charge is 0.0422 e. The largest absolute Gasteiger partial charge is 0.382 e. The van der Waals surface area contributed by atoms with E-state index in [0.29, 0.717) is 12.1 Å². The summed E-state index contributed by atoms with van der Waals surface area (Å²) in [6.45, 7) is 0. The molecule has 2 heteroatoms. The molecule has 0 saturated heterocycles. The minimum Gasteiger partial charge on any atom is -0.382 e. The van der Waals surface area contributed by atoms with E-state index in [-0.39, 0.29) is 0 Å². The second-order valence-corrected chi connectivity index (χ2v) is 5.28. The molecule has 1 aliphatic carbocycles. The van der Waals surface area contributed by atoms with Gasteiger partial charge in [-0.25, -0.2) is 0 Å². The van der Waals surface area contributed by atoms with Crippen LogP contribution in [0.15, 0.2) is 42.5 Å². The molecule has 0 aliphatic heterocycles. The van der Waals surface area contributed by atoms with Gasteiger partial charge in [0.05, 0.1) is 0 Å². The second kappa shape index (κ2) is 4.99. The molecule has 0 spiro atoms. The Morgan fingerprint density at radius 2 is 1.61 bits per heavy atom. The van der Waals surface area contributed by atoms with Crippen LogP contribution in [0.2, 0.25) is 0 Å². The summed E-state index contributed by atoms with van der Waals surface area (Å²) in [6.07, 6.45) is 4.65. The predicted octanol–water partition coefficient (Wildman–Crippen LogP) is 3.52. The number of fused-ring (bicyclic) bond motifs is 1. The van der Waals surface area contributed by atoms with Crippen molar-refractivity contribution in [2.45, 2.75) is 37.8 Å². The SMILES string of the molecule is NC1CCC(Nc2cccc3ccccc23)CC1. The molecule has 18 heavy (non-hydrogen) atoms. The Balaban J connectivity index is 1.82. The number of nitrogens with one attached hydrogen (secondary N) is 1. The van der Waals surface area contributed by atoms with Gasteiger partial charge in [-0.3, -0.25) is 0 Å². The Hall–Kier alpha value is -1.54. The molecule has 0 atom stereocenters. The van der Waals surface area contributed by atoms with Crippen LogP contribution in [0.25, 0.3) is 10.8 Å². The van der Waals surface area contributed by atoms with Crippen molar-refractivity contribution in [3.63, 3.8) is 0 Å². The van der Waals surface area contributed by atoms with E-state index in [1.54, 1.807) is 0 Å². The molecule has 3 N–H and O–H groups in total. The van der Waals surface area contributed by atoms with Crippen molar-refractivity contribution in [1.29, 1.82) is 0 Å². The van der Waals surface area contributed by atoms with Gasteiger partial charge >= 0.3 is 0 Å². The molecule has 2 aromatic carbocycles. The maximum absolute atomic E-state index is 5.95. The number of hydrogen-bond donors (Lipinski definition) is 2. The lowest BCUT2D eigenvalue weighted by molar-refractivity contribution is 0.411. The molecule has 2 nitrogen and oxygen atoms in total. The van der Waals surface area contributed by atoms with E-state index in [1.807, 2.05) is 0 Å². The molecule has 94 valence electrons. The van der Waals surface area contributed by atoms with Crippen molar-refractivity contribution in [2.75, 3.05) is 5.32 Å². The Kier molecular flexibility index (Phi) is 3.20. The van der Waals surface area contributed by atoms with Gasteiger partial charge in [-0.2, -0.15) is 0 Å². The summed E-state index contributed by atoms with van der Waals surface area (Å²) in [7, 11) is 0. The van der Waals surface area contributed by atoms with Crippen LogP contribution in [-0.4, -0.2) is 12.1 Å². The highest BCUT2D eigenvalue weighted by molar-refractivity contribution is 5.93. The van der Waals surface area contributed by atoms with E-state index in [2.05, 4.69) is 47.8 Å². The molecular formula is C16H20N2. The molecule has 3 rings (SSSR count). The molecular weight excluding hydrogens is 220 g/mol. The normalized spacial score (nSPS) is 24.1. The molecule has 1 aliphatic rings. The van der Waals surface area contributed by atoms with Gasteiger partial charge in [-0.1, -0.05) is 36.4 Å². The van der Waals surface area contributed by atoms with Crippen molar-refractivity contribution >= 4 is 16.5 Å². The first-order valence-corrected chi connectivity index (χ1v) is 6.83. The van der Waals surface area contributed by atoms with Crippen LogP contribution in [0.3, 0.4) is 0 Å². The number of hydrogen-bond acceptors (Lipinski definition) is 2. The minimum absolute atomic E-state index is 0.413. The van der Waals surface area contributed by atoms with Crippen LogP contribution in [-0.2, 0) is 0 Å². The Bertz CT molecular complexity index is 522. The maximum Gasteiger partial charge on any atom is 0.0422 e. The molecule has 0 heterocycles. The summed E-state index contributed by atoms with van der Waals surface area (Å²) >= 11 is 0. The van der Waals surface area contributed by atoms with Crippen LogP contribution < -0.4 is 11.1 Å². The lowest BCUT2D eigenvalue weighted by Gasteiger charge is -2.28. The van der Waals surface area contributed by atoms with Gasteiger partial charge in [0.2, 0.25) is 0 Å². The van der Waals surface area contributed by atoms with Crippen LogP contribution in [0, 0.1) is 0 Å². The first-order valence-electron chi connectivity index (χ1n) is 6.83. The number of benzene rings is 2. The van der Waals surface area contributed by atoms with Gasteiger partial charge in [-0.15, -0.1) is 0 Å². The van der Waals surface area contributed by atoms with Crippen molar-refractivity contribution in [2.24, 2.45) is 5.73 Å². The number of anilines is 1. The standard InChI is InChI=1S/C16H20N2/c17-13-8-10-14(11-9-13)18-16-7-3-5-12-4-1-2-6-15(12)16/h1-7,13-14,18H,8-11,17H2. The highest BCUT2D eigenvalue weighted by Gasteiger charge is 2.18. The fourth-order valence-electron chi connectivity index (χ4n) is 2.83. The summed E-state index contributed by atoms with van der Waals surface area (Å²) < 4.78 is 0. The third-order valence-electron chi connectivity index (χ3n) is 3.92. The zero-order valence-corrected chi connectivity index (χ0v) is 10.6. The molecule has 0 bridgehead atoms. The van der Waals surface area contributed by atoms with E-state index in [0.717, 1.165) is 12.8 Å². The Morgan fingerprint density at radius 3 is 2.44 bits per heavy atom. The van der Waals surface area contributed by atoms with Gasteiger partial charge in [0, 0.05) is 23.2 Å². The van der Waals surface area contributed by atoms with Gasteiger partial charge in [0.1, 0.15) is 0 Å². The zero-order valence-electron chi connectivity index (χ0n) is 10.6. The van der Waals surface area contributed by atoms with E-state index >= 15 is 0 Å². The summed E-state index contributed by atoms with van der Waals surface area (Å²) in [5.41, 5.74) is 7.21. The average molecular weight is 240 g/mol. The summed E-state index contributed by atoms with van der Waals surface area (Å²) in [4.78, 5) is 0. The third kappa shape index (κ3) is 2.34. The topological polar surface area (TPSA) is 38.0 Å². The quantitative estimate of drug-likeness (QED) is 0.843. The van der Waals surface area contributed by atoms with Crippen LogP contribution >= 0.6 is 0 Å². The molecule has 1 saturated carbocycles.